The topological polar surface area (TPSA) is 94.0 Å². The number of aromatic nitrogens is 5. The van der Waals surface area contributed by atoms with Gasteiger partial charge >= 0.3 is 0 Å². The van der Waals surface area contributed by atoms with Gasteiger partial charge in [0.1, 0.15) is 5.82 Å². The predicted molar refractivity (Wildman–Crippen MR) is 90.0 cm³/mol. The normalized spacial score (nSPS) is 14.8. The number of aryl methyl sites for hydroxylation is 3. The molecule has 0 saturated carbocycles. The molecule has 0 spiro atoms. The summed E-state index contributed by atoms with van der Waals surface area (Å²) in [5.74, 6) is 3.24. The first-order chi connectivity index (χ1) is 12.3. The molecule has 0 amide bonds. The monoisotopic (exact) mass is 340 g/mol. The average molecular weight is 340 g/mol. The fourth-order valence-electron chi connectivity index (χ4n) is 2.95. The van der Waals surface area contributed by atoms with Crippen LogP contribution in [0.1, 0.15) is 36.9 Å². The zero-order valence-corrected chi connectivity index (χ0v) is 14.2. The molecule has 0 aromatic carbocycles. The van der Waals surface area contributed by atoms with Gasteiger partial charge in [-0.05, 0) is 31.4 Å². The molecule has 1 aliphatic heterocycles. The first kappa shape index (κ1) is 15.7. The van der Waals surface area contributed by atoms with Gasteiger partial charge in [0.15, 0.2) is 0 Å². The largest absolute Gasteiger partial charge is 0.426 e. The summed E-state index contributed by atoms with van der Waals surface area (Å²) in [5.41, 5.74) is 0.851. The molecule has 1 saturated heterocycles. The summed E-state index contributed by atoms with van der Waals surface area (Å²) in [5, 5.41) is 11.8. The van der Waals surface area contributed by atoms with Gasteiger partial charge in [-0.2, -0.15) is 4.98 Å². The van der Waals surface area contributed by atoms with Crippen LogP contribution in [-0.4, -0.2) is 38.4 Å². The Morgan fingerprint density at radius 2 is 1.88 bits per heavy atom. The summed E-state index contributed by atoms with van der Waals surface area (Å²) in [7, 11) is 0. The Kier molecular flexibility index (Phi) is 4.41. The van der Waals surface area contributed by atoms with Crippen LogP contribution in [0.5, 0.6) is 0 Å². The zero-order valence-electron chi connectivity index (χ0n) is 14.2. The molecule has 0 radical (unpaired) electrons. The number of hydrogen-bond acceptors (Lipinski definition) is 8. The number of nitrogens with zero attached hydrogens (tertiary/aromatic N) is 6. The highest BCUT2D eigenvalue weighted by atomic mass is 16.5. The first-order valence-corrected chi connectivity index (χ1v) is 8.61. The average Bonchev–Trinajstić information content (AvgIpc) is 3.30. The van der Waals surface area contributed by atoms with Crippen molar-refractivity contribution in [3.05, 3.63) is 36.0 Å². The Morgan fingerprint density at radius 3 is 2.60 bits per heavy atom. The van der Waals surface area contributed by atoms with Crippen molar-refractivity contribution in [3.63, 3.8) is 0 Å². The first-order valence-electron chi connectivity index (χ1n) is 8.61. The van der Waals surface area contributed by atoms with E-state index in [0.717, 1.165) is 24.5 Å². The maximum absolute atomic E-state index is 5.34. The molecule has 0 bridgehead atoms. The van der Waals surface area contributed by atoms with Crippen LogP contribution in [0.15, 0.2) is 27.3 Å². The smallest absolute Gasteiger partial charge is 0.227 e. The van der Waals surface area contributed by atoms with Crippen LogP contribution in [0, 0.1) is 6.92 Å². The SMILES string of the molecule is Cc1nnc(CCc2nc(-c3ccc(N4CCCCC4)nc3)no2)o1. The van der Waals surface area contributed by atoms with E-state index in [0.29, 0.717) is 36.3 Å². The summed E-state index contributed by atoms with van der Waals surface area (Å²) in [4.78, 5) is 11.3. The van der Waals surface area contributed by atoms with E-state index in [-0.39, 0.29) is 0 Å². The summed E-state index contributed by atoms with van der Waals surface area (Å²) < 4.78 is 10.6. The molecule has 25 heavy (non-hydrogen) atoms. The zero-order chi connectivity index (χ0) is 17.1. The minimum atomic E-state index is 0.547. The molecule has 0 atom stereocenters. The van der Waals surface area contributed by atoms with Gasteiger partial charge in [-0.1, -0.05) is 5.16 Å². The van der Waals surface area contributed by atoms with Crippen LogP contribution in [0.2, 0.25) is 0 Å². The Morgan fingerprint density at radius 1 is 1.04 bits per heavy atom. The third-order valence-corrected chi connectivity index (χ3v) is 4.27. The summed E-state index contributed by atoms with van der Waals surface area (Å²) >= 11 is 0. The van der Waals surface area contributed by atoms with Gasteiger partial charge in [0.25, 0.3) is 0 Å². The van der Waals surface area contributed by atoms with Gasteiger partial charge in [0.2, 0.25) is 23.5 Å². The fraction of sp³-hybridized carbons (Fsp3) is 0.471. The lowest BCUT2D eigenvalue weighted by Gasteiger charge is -2.27. The van der Waals surface area contributed by atoms with Crippen molar-refractivity contribution < 1.29 is 8.94 Å². The van der Waals surface area contributed by atoms with Crippen molar-refractivity contribution in [2.75, 3.05) is 18.0 Å². The van der Waals surface area contributed by atoms with Crippen molar-refractivity contribution in [2.24, 2.45) is 0 Å². The molecule has 1 fully saturated rings. The van der Waals surface area contributed by atoms with E-state index < -0.39 is 0 Å². The van der Waals surface area contributed by atoms with Gasteiger partial charge in [-0.25, -0.2) is 4.98 Å². The number of hydrogen-bond donors (Lipinski definition) is 0. The van der Waals surface area contributed by atoms with Gasteiger partial charge in [-0.3, -0.25) is 0 Å². The predicted octanol–water partition coefficient (Wildman–Crippen LogP) is 2.60. The molecule has 4 heterocycles. The van der Waals surface area contributed by atoms with E-state index in [1.807, 2.05) is 12.1 Å². The number of rotatable bonds is 5. The number of pyridine rings is 1. The van der Waals surface area contributed by atoms with E-state index in [1.54, 1.807) is 13.1 Å². The second-order valence-electron chi connectivity index (χ2n) is 6.18. The van der Waals surface area contributed by atoms with E-state index in [9.17, 15) is 0 Å². The second kappa shape index (κ2) is 7.00. The number of piperidine rings is 1. The lowest BCUT2D eigenvalue weighted by Crippen LogP contribution is -2.29. The minimum absolute atomic E-state index is 0.547. The highest BCUT2D eigenvalue weighted by Gasteiger charge is 2.14. The van der Waals surface area contributed by atoms with E-state index in [1.165, 1.54) is 19.3 Å². The standard InChI is InChI=1S/C17H20N6O2/c1-12-20-21-16(24-12)8-7-15-19-17(22-25-15)13-5-6-14(18-11-13)23-9-3-2-4-10-23/h5-6,11H,2-4,7-10H2,1H3. The quantitative estimate of drug-likeness (QED) is 0.699. The van der Waals surface area contributed by atoms with Crippen molar-refractivity contribution in [3.8, 4) is 11.4 Å². The second-order valence-corrected chi connectivity index (χ2v) is 6.18. The molecule has 0 N–H and O–H groups in total. The Labute approximate surface area is 145 Å². The summed E-state index contributed by atoms with van der Waals surface area (Å²) in [6.45, 7) is 3.92. The van der Waals surface area contributed by atoms with Crippen molar-refractivity contribution >= 4 is 5.82 Å². The van der Waals surface area contributed by atoms with Crippen LogP contribution in [0.3, 0.4) is 0 Å². The van der Waals surface area contributed by atoms with Gasteiger partial charge in [-0.15, -0.1) is 10.2 Å². The lowest BCUT2D eigenvalue weighted by atomic mass is 10.1. The van der Waals surface area contributed by atoms with Gasteiger partial charge < -0.3 is 13.8 Å². The fourth-order valence-corrected chi connectivity index (χ4v) is 2.95. The molecule has 8 nitrogen and oxygen atoms in total. The van der Waals surface area contributed by atoms with Crippen LogP contribution in [0.25, 0.3) is 11.4 Å². The van der Waals surface area contributed by atoms with Gasteiger partial charge in [0.05, 0.1) is 0 Å². The summed E-state index contributed by atoms with van der Waals surface area (Å²) in [6.07, 6.45) is 6.72. The molecule has 0 aliphatic carbocycles. The molecule has 3 aromatic rings. The molecular formula is C17H20N6O2. The van der Waals surface area contributed by atoms with E-state index >= 15 is 0 Å². The van der Waals surface area contributed by atoms with E-state index in [4.69, 9.17) is 8.94 Å². The van der Waals surface area contributed by atoms with E-state index in [2.05, 4.69) is 30.2 Å². The molecule has 130 valence electrons. The van der Waals surface area contributed by atoms with Crippen molar-refractivity contribution in [1.82, 2.24) is 25.3 Å². The Bertz CT molecular complexity index is 820. The van der Waals surface area contributed by atoms with Crippen LogP contribution < -0.4 is 4.90 Å². The molecule has 4 rings (SSSR count). The lowest BCUT2D eigenvalue weighted by molar-refractivity contribution is 0.371. The van der Waals surface area contributed by atoms with Crippen molar-refractivity contribution in [1.29, 1.82) is 0 Å². The molecule has 0 unspecified atom stereocenters. The molecule has 8 heteroatoms. The van der Waals surface area contributed by atoms with Crippen LogP contribution >= 0.6 is 0 Å². The summed E-state index contributed by atoms with van der Waals surface area (Å²) in [6, 6.07) is 4.02. The Hall–Kier alpha value is -2.77. The minimum Gasteiger partial charge on any atom is -0.426 e. The number of anilines is 1. The maximum atomic E-state index is 5.34. The van der Waals surface area contributed by atoms with Crippen molar-refractivity contribution in [2.45, 2.75) is 39.0 Å². The van der Waals surface area contributed by atoms with Crippen LogP contribution in [-0.2, 0) is 12.8 Å². The third kappa shape index (κ3) is 3.67. The third-order valence-electron chi connectivity index (χ3n) is 4.27. The highest BCUT2D eigenvalue weighted by molar-refractivity contribution is 5.55. The maximum Gasteiger partial charge on any atom is 0.227 e. The molecule has 3 aromatic heterocycles. The van der Waals surface area contributed by atoms with Crippen LogP contribution in [0.4, 0.5) is 5.82 Å². The highest BCUT2D eigenvalue weighted by Crippen LogP contribution is 2.21. The van der Waals surface area contributed by atoms with Gasteiger partial charge in [0, 0.05) is 44.6 Å². The molecule has 1 aliphatic rings. The molecular weight excluding hydrogens is 320 g/mol. The Balaban J connectivity index is 1.40.